The van der Waals surface area contributed by atoms with Crippen molar-refractivity contribution in [2.24, 2.45) is 7.05 Å². The highest BCUT2D eigenvalue weighted by molar-refractivity contribution is 6.04. The van der Waals surface area contributed by atoms with Gasteiger partial charge in [-0.2, -0.15) is 5.10 Å². The smallest absolute Gasteiger partial charge is 0.275 e. The molecule has 0 aliphatic carbocycles. The predicted octanol–water partition coefficient (Wildman–Crippen LogP) is 1.27. The number of amides is 1. The molecule has 0 saturated heterocycles. The fraction of sp³-hybridized carbons (Fsp3) is 0.250. The Morgan fingerprint density at radius 2 is 2.17 bits per heavy atom. The molecule has 94 valence electrons. The highest BCUT2D eigenvalue weighted by atomic mass is 16.2. The molecule has 6 nitrogen and oxygen atoms in total. The Balaban J connectivity index is 2.30. The first-order chi connectivity index (χ1) is 8.50. The molecule has 0 bridgehead atoms. The zero-order valence-electron chi connectivity index (χ0n) is 10.6. The van der Waals surface area contributed by atoms with Gasteiger partial charge >= 0.3 is 0 Å². The minimum absolute atomic E-state index is 0.289. The molecule has 0 atom stereocenters. The number of aromatic nitrogens is 3. The van der Waals surface area contributed by atoms with Crippen LogP contribution in [0.5, 0.6) is 0 Å². The van der Waals surface area contributed by atoms with Crippen LogP contribution < -0.4 is 11.1 Å². The quantitative estimate of drug-likeness (QED) is 0.834. The molecule has 2 aromatic heterocycles. The third-order valence-electron chi connectivity index (χ3n) is 2.72. The molecule has 6 heteroatoms. The Bertz CT molecular complexity index is 603. The third-order valence-corrected chi connectivity index (χ3v) is 2.72. The molecular weight excluding hydrogens is 230 g/mol. The summed E-state index contributed by atoms with van der Waals surface area (Å²) < 4.78 is 1.54. The lowest BCUT2D eigenvalue weighted by atomic mass is 10.2. The molecule has 0 aliphatic heterocycles. The van der Waals surface area contributed by atoms with Crippen molar-refractivity contribution in [2.75, 3.05) is 11.1 Å². The van der Waals surface area contributed by atoms with Gasteiger partial charge in [0.05, 0.1) is 11.4 Å². The van der Waals surface area contributed by atoms with E-state index in [-0.39, 0.29) is 5.91 Å². The number of pyridine rings is 1. The van der Waals surface area contributed by atoms with E-state index in [0.717, 1.165) is 5.56 Å². The maximum Gasteiger partial charge on any atom is 0.275 e. The largest absolute Gasteiger partial charge is 0.394 e. The van der Waals surface area contributed by atoms with Crippen LogP contribution in [0.1, 0.15) is 21.7 Å². The first kappa shape index (κ1) is 12.1. The van der Waals surface area contributed by atoms with E-state index in [1.165, 1.54) is 0 Å². The number of hydrogen-bond donors (Lipinski definition) is 2. The SMILES string of the molecule is Cc1cccnc1C(=O)Nc1c(N)c(C)nn1C. The summed E-state index contributed by atoms with van der Waals surface area (Å²) in [4.78, 5) is 16.1. The molecule has 0 spiro atoms. The number of anilines is 2. The van der Waals surface area contributed by atoms with E-state index in [4.69, 9.17) is 5.73 Å². The minimum atomic E-state index is -0.289. The summed E-state index contributed by atoms with van der Waals surface area (Å²) in [5.74, 6) is 0.199. The van der Waals surface area contributed by atoms with Gasteiger partial charge in [0.1, 0.15) is 5.69 Å². The molecule has 18 heavy (non-hydrogen) atoms. The van der Waals surface area contributed by atoms with Crippen molar-refractivity contribution in [3.8, 4) is 0 Å². The van der Waals surface area contributed by atoms with E-state index in [0.29, 0.717) is 22.9 Å². The Morgan fingerprint density at radius 1 is 1.44 bits per heavy atom. The van der Waals surface area contributed by atoms with Gasteiger partial charge < -0.3 is 11.1 Å². The molecule has 0 aliphatic rings. The molecule has 2 aromatic rings. The summed E-state index contributed by atoms with van der Waals surface area (Å²) in [6.07, 6.45) is 1.58. The maximum absolute atomic E-state index is 12.1. The van der Waals surface area contributed by atoms with Crippen molar-refractivity contribution in [1.29, 1.82) is 0 Å². The van der Waals surface area contributed by atoms with E-state index >= 15 is 0 Å². The van der Waals surface area contributed by atoms with Crippen molar-refractivity contribution < 1.29 is 4.79 Å². The van der Waals surface area contributed by atoms with Crippen LogP contribution in [0.15, 0.2) is 18.3 Å². The van der Waals surface area contributed by atoms with Gasteiger partial charge in [-0.15, -0.1) is 0 Å². The van der Waals surface area contributed by atoms with E-state index in [1.807, 2.05) is 13.0 Å². The van der Waals surface area contributed by atoms with Crippen LogP contribution in [0.3, 0.4) is 0 Å². The molecule has 0 saturated carbocycles. The fourth-order valence-corrected chi connectivity index (χ4v) is 1.71. The molecule has 2 heterocycles. The number of nitrogens with one attached hydrogen (secondary N) is 1. The van der Waals surface area contributed by atoms with Crippen molar-refractivity contribution in [3.05, 3.63) is 35.3 Å². The second-order valence-electron chi connectivity index (χ2n) is 4.09. The standard InChI is InChI=1S/C12H15N5O/c1-7-5-4-6-14-10(7)12(18)15-11-9(13)8(2)16-17(11)3/h4-6H,13H2,1-3H3,(H,15,18). The highest BCUT2D eigenvalue weighted by Crippen LogP contribution is 2.21. The zero-order chi connectivity index (χ0) is 13.3. The molecule has 1 amide bonds. The van der Waals surface area contributed by atoms with Gasteiger partial charge in [-0.3, -0.25) is 14.5 Å². The number of aryl methyl sites for hydroxylation is 3. The number of carbonyl (C=O) groups is 1. The normalized spacial score (nSPS) is 10.4. The number of nitrogens with two attached hydrogens (primary N) is 1. The lowest BCUT2D eigenvalue weighted by Crippen LogP contribution is -2.18. The highest BCUT2D eigenvalue weighted by Gasteiger charge is 2.16. The molecule has 0 aromatic carbocycles. The molecule has 0 fully saturated rings. The number of nitrogen functional groups attached to an aromatic ring is 1. The lowest BCUT2D eigenvalue weighted by Gasteiger charge is -2.07. The molecule has 3 N–H and O–H groups in total. The molecule has 0 unspecified atom stereocenters. The van der Waals surface area contributed by atoms with E-state index in [2.05, 4.69) is 15.4 Å². The van der Waals surface area contributed by atoms with Gasteiger partial charge in [0, 0.05) is 13.2 Å². The first-order valence-corrected chi connectivity index (χ1v) is 5.52. The van der Waals surface area contributed by atoms with Gasteiger partial charge in [0.2, 0.25) is 0 Å². The first-order valence-electron chi connectivity index (χ1n) is 5.52. The van der Waals surface area contributed by atoms with Crippen LogP contribution in [0.2, 0.25) is 0 Å². The van der Waals surface area contributed by atoms with Crippen LogP contribution in [-0.4, -0.2) is 20.7 Å². The van der Waals surface area contributed by atoms with Crippen LogP contribution in [0.25, 0.3) is 0 Å². The Labute approximate surface area is 105 Å². The molecular formula is C12H15N5O. The second kappa shape index (κ2) is 4.48. The summed E-state index contributed by atoms with van der Waals surface area (Å²) in [5.41, 5.74) is 8.20. The molecule has 0 radical (unpaired) electrons. The van der Waals surface area contributed by atoms with Crippen LogP contribution in [-0.2, 0) is 7.05 Å². The van der Waals surface area contributed by atoms with Gasteiger partial charge in [0.25, 0.3) is 5.91 Å². The Hall–Kier alpha value is -2.37. The van der Waals surface area contributed by atoms with Crippen molar-refractivity contribution in [3.63, 3.8) is 0 Å². The third kappa shape index (κ3) is 2.04. The van der Waals surface area contributed by atoms with Gasteiger partial charge in [0.15, 0.2) is 5.82 Å². The Morgan fingerprint density at radius 3 is 2.72 bits per heavy atom. The van der Waals surface area contributed by atoms with E-state index in [1.54, 1.807) is 30.9 Å². The van der Waals surface area contributed by atoms with Crippen LogP contribution in [0.4, 0.5) is 11.5 Å². The minimum Gasteiger partial charge on any atom is -0.394 e. The average molecular weight is 245 g/mol. The van der Waals surface area contributed by atoms with Gasteiger partial charge in [-0.05, 0) is 25.5 Å². The summed E-state index contributed by atoms with van der Waals surface area (Å²) in [6.45, 7) is 3.62. The topological polar surface area (TPSA) is 85.8 Å². The van der Waals surface area contributed by atoms with Gasteiger partial charge in [-0.25, -0.2) is 0 Å². The van der Waals surface area contributed by atoms with Gasteiger partial charge in [-0.1, -0.05) is 6.07 Å². The molecule has 2 rings (SSSR count). The van der Waals surface area contributed by atoms with Crippen molar-refractivity contribution in [2.45, 2.75) is 13.8 Å². The van der Waals surface area contributed by atoms with E-state index < -0.39 is 0 Å². The van der Waals surface area contributed by atoms with Crippen LogP contribution >= 0.6 is 0 Å². The summed E-state index contributed by atoms with van der Waals surface area (Å²) in [7, 11) is 1.73. The summed E-state index contributed by atoms with van der Waals surface area (Å²) in [6, 6.07) is 3.62. The summed E-state index contributed by atoms with van der Waals surface area (Å²) >= 11 is 0. The van der Waals surface area contributed by atoms with Crippen LogP contribution in [0, 0.1) is 13.8 Å². The summed E-state index contributed by atoms with van der Waals surface area (Å²) in [5, 5.41) is 6.87. The maximum atomic E-state index is 12.1. The lowest BCUT2D eigenvalue weighted by molar-refractivity contribution is 0.102. The Kier molecular flexibility index (Phi) is 3.01. The number of carbonyl (C=O) groups excluding carboxylic acids is 1. The fourth-order valence-electron chi connectivity index (χ4n) is 1.71. The monoisotopic (exact) mass is 245 g/mol. The second-order valence-corrected chi connectivity index (χ2v) is 4.09. The van der Waals surface area contributed by atoms with Crippen molar-refractivity contribution in [1.82, 2.24) is 14.8 Å². The zero-order valence-corrected chi connectivity index (χ0v) is 10.6. The average Bonchev–Trinajstić information content (AvgIpc) is 2.56. The number of hydrogen-bond acceptors (Lipinski definition) is 4. The van der Waals surface area contributed by atoms with E-state index in [9.17, 15) is 4.79 Å². The number of nitrogens with zero attached hydrogens (tertiary/aromatic N) is 3. The predicted molar refractivity (Wildman–Crippen MR) is 69.3 cm³/mol. The number of rotatable bonds is 2. The van der Waals surface area contributed by atoms with Crippen molar-refractivity contribution >= 4 is 17.4 Å².